The van der Waals surface area contributed by atoms with Crippen LogP contribution in [-0.4, -0.2) is 25.9 Å². The lowest BCUT2D eigenvalue weighted by Gasteiger charge is -2.13. The molecule has 0 aliphatic rings. The standard InChI is InChI=1S/C23H22FN3O2/c1-27(2)20-12-10-19(11-13-20)26-23(29)17-8-5-7-16(14-17)22(28)25-15-18-6-3-4-9-21(18)24/h3-14H,15H2,1-2H3,(H,25,28)(H,26,29). The van der Waals surface area contributed by atoms with Crippen LogP contribution in [0.1, 0.15) is 26.3 Å². The Morgan fingerprint density at radius 2 is 1.52 bits per heavy atom. The summed E-state index contributed by atoms with van der Waals surface area (Å²) in [5.41, 5.74) is 2.78. The van der Waals surface area contributed by atoms with Gasteiger partial charge in [0.25, 0.3) is 11.8 Å². The molecule has 0 bridgehead atoms. The summed E-state index contributed by atoms with van der Waals surface area (Å²) in [6.45, 7) is 0.0696. The molecule has 0 aliphatic heterocycles. The average molecular weight is 391 g/mol. The van der Waals surface area contributed by atoms with E-state index in [1.165, 1.54) is 12.1 Å². The first-order valence-corrected chi connectivity index (χ1v) is 9.14. The quantitative estimate of drug-likeness (QED) is 0.666. The van der Waals surface area contributed by atoms with Gasteiger partial charge in [-0.25, -0.2) is 4.39 Å². The largest absolute Gasteiger partial charge is 0.378 e. The second-order valence-corrected chi connectivity index (χ2v) is 6.75. The number of anilines is 2. The molecule has 0 heterocycles. The van der Waals surface area contributed by atoms with Crippen molar-refractivity contribution in [1.29, 1.82) is 0 Å². The number of halogens is 1. The predicted octanol–water partition coefficient (Wildman–Crippen LogP) is 4.07. The van der Waals surface area contributed by atoms with Crippen LogP contribution in [0.25, 0.3) is 0 Å². The summed E-state index contributed by atoms with van der Waals surface area (Å²) in [5, 5.41) is 5.49. The number of carbonyl (C=O) groups excluding carboxylic acids is 2. The second-order valence-electron chi connectivity index (χ2n) is 6.75. The molecule has 0 aromatic heterocycles. The Hall–Kier alpha value is -3.67. The lowest BCUT2D eigenvalue weighted by molar-refractivity contribution is 0.0950. The van der Waals surface area contributed by atoms with Gasteiger partial charge in [0, 0.05) is 48.7 Å². The van der Waals surface area contributed by atoms with Gasteiger partial charge in [-0.3, -0.25) is 9.59 Å². The van der Waals surface area contributed by atoms with Crippen LogP contribution in [0.5, 0.6) is 0 Å². The van der Waals surface area contributed by atoms with E-state index in [-0.39, 0.29) is 24.2 Å². The maximum Gasteiger partial charge on any atom is 0.255 e. The van der Waals surface area contributed by atoms with Gasteiger partial charge in [-0.15, -0.1) is 0 Å². The molecule has 6 heteroatoms. The Morgan fingerprint density at radius 1 is 0.862 bits per heavy atom. The van der Waals surface area contributed by atoms with E-state index in [1.807, 2.05) is 43.3 Å². The molecule has 0 unspecified atom stereocenters. The molecule has 3 aromatic carbocycles. The highest BCUT2D eigenvalue weighted by atomic mass is 19.1. The molecule has 2 amide bonds. The van der Waals surface area contributed by atoms with Crippen molar-refractivity contribution in [2.45, 2.75) is 6.54 Å². The summed E-state index contributed by atoms with van der Waals surface area (Å²) in [4.78, 5) is 26.9. The Balaban J connectivity index is 1.65. The zero-order valence-electron chi connectivity index (χ0n) is 16.3. The summed E-state index contributed by atoms with van der Waals surface area (Å²) in [7, 11) is 3.88. The summed E-state index contributed by atoms with van der Waals surface area (Å²) >= 11 is 0. The molecular weight excluding hydrogens is 369 g/mol. The zero-order valence-corrected chi connectivity index (χ0v) is 16.3. The SMILES string of the molecule is CN(C)c1ccc(NC(=O)c2cccc(C(=O)NCc3ccccc3F)c2)cc1. The molecule has 148 valence electrons. The predicted molar refractivity (Wildman–Crippen MR) is 113 cm³/mol. The fourth-order valence-electron chi connectivity index (χ4n) is 2.77. The monoisotopic (exact) mass is 391 g/mol. The topological polar surface area (TPSA) is 61.4 Å². The Bertz CT molecular complexity index is 1020. The minimum absolute atomic E-state index is 0.0696. The molecule has 0 saturated heterocycles. The highest BCUT2D eigenvalue weighted by molar-refractivity contribution is 6.06. The van der Waals surface area contributed by atoms with Gasteiger partial charge in [-0.1, -0.05) is 24.3 Å². The fraction of sp³-hybridized carbons (Fsp3) is 0.130. The van der Waals surface area contributed by atoms with Crippen molar-refractivity contribution < 1.29 is 14.0 Å². The molecule has 0 aliphatic carbocycles. The van der Waals surface area contributed by atoms with Crippen LogP contribution in [0.4, 0.5) is 15.8 Å². The molecule has 3 aromatic rings. The number of rotatable bonds is 6. The lowest BCUT2D eigenvalue weighted by atomic mass is 10.1. The number of carbonyl (C=O) groups is 2. The molecule has 0 radical (unpaired) electrons. The molecular formula is C23H22FN3O2. The molecule has 0 spiro atoms. The van der Waals surface area contributed by atoms with Crippen LogP contribution < -0.4 is 15.5 Å². The highest BCUT2D eigenvalue weighted by Crippen LogP contribution is 2.17. The van der Waals surface area contributed by atoms with E-state index in [0.29, 0.717) is 22.4 Å². The van der Waals surface area contributed by atoms with Crippen LogP contribution >= 0.6 is 0 Å². The third-order valence-corrected chi connectivity index (χ3v) is 4.43. The van der Waals surface area contributed by atoms with Crippen molar-refractivity contribution in [3.63, 3.8) is 0 Å². The molecule has 0 saturated carbocycles. The van der Waals surface area contributed by atoms with Gasteiger partial charge in [0.1, 0.15) is 5.82 Å². The van der Waals surface area contributed by atoms with Crippen LogP contribution in [0.3, 0.4) is 0 Å². The number of nitrogens with zero attached hydrogens (tertiary/aromatic N) is 1. The summed E-state index contributed by atoms with van der Waals surface area (Å²) < 4.78 is 13.7. The van der Waals surface area contributed by atoms with Crippen LogP contribution in [0.2, 0.25) is 0 Å². The van der Waals surface area contributed by atoms with Gasteiger partial charge in [0.15, 0.2) is 0 Å². The van der Waals surface area contributed by atoms with Crippen molar-refractivity contribution in [3.05, 3.63) is 95.3 Å². The Morgan fingerprint density at radius 3 is 2.17 bits per heavy atom. The number of nitrogens with one attached hydrogen (secondary N) is 2. The Labute approximate surface area is 169 Å². The lowest BCUT2D eigenvalue weighted by Crippen LogP contribution is -2.24. The third kappa shape index (κ3) is 5.19. The maximum atomic E-state index is 13.7. The first-order chi connectivity index (χ1) is 13.9. The van der Waals surface area contributed by atoms with E-state index in [1.54, 1.807) is 36.4 Å². The van der Waals surface area contributed by atoms with Gasteiger partial charge >= 0.3 is 0 Å². The smallest absolute Gasteiger partial charge is 0.255 e. The minimum Gasteiger partial charge on any atom is -0.378 e. The van der Waals surface area contributed by atoms with Crippen LogP contribution in [0.15, 0.2) is 72.8 Å². The van der Waals surface area contributed by atoms with Gasteiger partial charge in [0.05, 0.1) is 0 Å². The van der Waals surface area contributed by atoms with E-state index >= 15 is 0 Å². The van der Waals surface area contributed by atoms with Crippen molar-refractivity contribution in [2.24, 2.45) is 0 Å². The van der Waals surface area contributed by atoms with E-state index in [4.69, 9.17) is 0 Å². The first kappa shape index (κ1) is 20.1. The Kier molecular flexibility index (Phi) is 6.24. The zero-order chi connectivity index (χ0) is 20.8. The number of hydrogen-bond donors (Lipinski definition) is 2. The molecule has 0 atom stereocenters. The maximum absolute atomic E-state index is 13.7. The van der Waals surface area contributed by atoms with E-state index in [9.17, 15) is 14.0 Å². The van der Waals surface area contributed by atoms with Crippen LogP contribution in [-0.2, 0) is 6.54 Å². The third-order valence-electron chi connectivity index (χ3n) is 4.43. The number of hydrogen-bond acceptors (Lipinski definition) is 3. The molecule has 29 heavy (non-hydrogen) atoms. The van der Waals surface area contributed by atoms with E-state index in [2.05, 4.69) is 10.6 Å². The van der Waals surface area contributed by atoms with Gasteiger partial charge in [0.2, 0.25) is 0 Å². The molecule has 3 rings (SSSR count). The van der Waals surface area contributed by atoms with Crippen molar-refractivity contribution in [3.8, 4) is 0 Å². The van der Waals surface area contributed by atoms with Crippen molar-refractivity contribution >= 4 is 23.2 Å². The fourth-order valence-corrected chi connectivity index (χ4v) is 2.77. The average Bonchev–Trinajstić information content (AvgIpc) is 2.73. The van der Waals surface area contributed by atoms with Gasteiger partial charge in [-0.05, 0) is 48.5 Å². The van der Waals surface area contributed by atoms with Gasteiger partial charge in [-0.2, -0.15) is 0 Å². The summed E-state index contributed by atoms with van der Waals surface area (Å²) in [6, 6.07) is 20.1. The van der Waals surface area contributed by atoms with Gasteiger partial charge < -0.3 is 15.5 Å². The second kappa shape index (κ2) is 9.01. The normalized spacial score (nSPS) is 10.3. The van der Waals surface area contributed by atoms with E-state index in [0.717, 1.165) is 5.69 Å². The first-order valence-electron chi connectivity index (χ1n) is 9.14. The minimum atomic E-state index is -0.377. The molecule has 5 nitrogen and oxygen atoms in total. The molecule has 0 fully saturated rings. The highest BCUT2D eigenvalue weighted by Gasteiger charge is 2.12. The number of benzene rings is 3. The van der Waals surface area contributed by atoms with Crippen molar-refractivity contribution in [2.75, 3.05) is 24.3 Å². The molecule has 2 N–H and O–H groups in total. The van der Waals surface area contributed by atoms with Crippen molar-refractivity contribution in [1.82, 2.24) is 5.32 Å². The number of amides is 2. The van der Waals surface area contributed by atoms with E-state index < -0.39 is 0 Å². The summed E-state index contributed by atoms with van der Waals surface area (Å²) in [6.07, 6.45) is 0. The van der Waals surface area contributed by atoms with Crippen LogP contribution in [0, 0.1) is 5.82 Å². The summed E-state index contributed by atoms with van der Waals surface area (Å²) in [5.74, 6) is -1.06.